The summed E-state index contributed by atoms with van der Waals surface area (Å²) in [5, 5.41) is 3.35. The van der Waals surface area contributed by atoms with Crippen molar-refractivity contribution < 1.29 is 14.3 Å². The van der Waals surface area contributed by atoms with Crippen LogP contribution in [0.5, 0.6) is 0 Å². The minimum atomic E-state index is -0.0268. The zero-order valence-electron chi connectivity index (χ0n) is 15.5. The largest absolute Gasteiger partial charge is 0.378 e. The normalized spacial score (nSPS) is 34.0. The molecule has 140 valence electrons. The van der Waals surface area contributed by atoms with Crippen LogP contribution in [0, 0.1) is 17.3 Å². The lowest BCUT2D eigenvalue weighted by molar-refractivity contribution is -0.148. The van der Waals surface area contributed by atoms with Gasteiger partial charge in [-0.25, -0.2) is 0 Å². The number of nitrogens with zero attached hydrogens (tertiary/aromatic N) is 1. The molecule has 4 fully saturated rings. The van der Waals surface area contributed by atoms with Gasteiger partial charge in [0.25, 0.3) is 0 Å². The number of amides is 2. The molecule has 0 unspecified atom stereocenters. The minimum absolute atomic E-state index is 0.0268. The van der Waals surface area contributed by atoms with E-state index in [1.54, 1.807) is 0 Å². The highest BCUT2D eigenvalue weighted by atomic mass is 16.5. The van der Waals surface area contributed by atoms with Gasteiger partial charge in [0.2, 0.25) is 11.8 Å². The van der Waals surface area contributed by atoms with Gasteiger partial charge in [0.05, 0.1) is 12.0 Å². The van der Waals surface area contributed by atoms with E-state index in [1.807, 2.05) is 4.90 Å². The van der Waals surface area contributed by atoms with E-state index in [0.717, 1.165) is 45.3 Å². The summed E-state index contributed by atoms with van der Waals surface area (Å²) in [5.41, 5.74) is 0.184. The molecule has 1 heterocycles. The van der Waals surface area contributed by atoms with Crippen molar-refractivity contribution in [3.8, 4) is 0 Å². The van der Waals surface area contributed by atoms with Crippen LogP contribution < -0.4 is 5.32 Å². The molecule has 5 nitrogen and oxygen atoms in total. The molecule has 2 amide bonds. The zero-order chi connectivity index (χ0) is 17.4. The molecule has 1 N–H and O–H groups in total. The Morgan fingerprint density at radius 3 is 2.56 bits per heavy atom. The highest BCUT2D eigenvalue weighted by molar-refractivity contribution is 5.83. The van der Waals surface area contributed by atoms with Crippen LogP contribution in [-0.4, -0.2) is 48.6 Å². The fraction of sp³-hybridized carbons (Fsp3) is 0.900. The molecule has 1 spiro atoms. The van der Waals surface area contributed by atoms with Gasteiger partial charge in [-0.3, -0.25) is 9.59 Å². The highest BCUT2D eigenvalue weighted by Gasteiger charge is 2.57. The maximum absolute atomic E-state index is 12.9. The second kappa shape index (κ2) is 6.90. The quantitative estimate of drug-likeness (QED) is 0.830. The van der Waals surface area contributed by atoms with Crippen molar-refractivity contribution in [2.45, 2.75) is 76.9 Å². The molecule has 1 aliphatic heterocycles. The van der Waals surface area contributed by atoms with Gasteiger partial charge in [-0.2, -0.15) is 0 Å². The first-order valence-corrected chi connectivity index (χ1v) is 10.3. The van der Waals surface area contributed by atoms with E-state index in [9.17, 15) is 9.59 Å². The van der Waals surface area contributed by atoms with Gasteiger partial charge in [-0.1, -0.05) is 12.8 Å². The van der Waals surface area contributed by atoms with Gasteiger partial charge in [-0.05, 0) is 51.9 Å². The van der Waals surface area contributed by atoms with Crippen molar-refractivity contribution >= 4 is 11.8 Å². The molecular formula is C20H32N2O3. The Morgan fingerprint density at radius 1 is 1.12 bits per heavy atom. The Labute approximate surface area is 150 Å². The van der Waals surface area contributed by atoms with E-state index in [-0.39, 0.29) is 35.1 Å². The molecule has 0 bridgehead atoms. The van der Waals surface area contributed by atoms with Crippen LogP contribution >= 0.6 is 0 Å². The molecule has 3 aliphatic carbocycles. The van der Waals surface area contributed by atoms with E-state index in [0.29, 0.717) is 12.6 Å². The van der Waals surface area contributed by atoms with E-state index in [2.05, 4.69) is 12.2 Å². The highest BCUT2D eigenvalue weighted by Crippen LogP contribution is 2.54. The van der Waals surface area contributed by atoms with Gasteiger partial charge in [0.1, 0.15) is 0 Å². The van der Waals surface area contributed by atoms with Crippen LogP contribution in [0.4, 0.5) is 0 Å². The lowest BCUT2D eigenvalue weighted by Crippen LogP contribution is -2.64. The summed E-state index contributed by atoms with van der Waals surface area (Å²) in [6.07, 6.45) is 10.1. The number of hydrogen-bond acceptors (Lipinski definition) is 3. The third kappa shape index (κ3) is 3.20. The van der Waals surface area contributed by atoms with Crippen molar-refractivity contribution in [3.63, 3.8) is 0 Å². The zero-order valence-corrected chi connectivity index (χ0v) is 15.5. The predicted octanol–water partition coefficient (Wildman–Crippen LogP) is 2.49. The Morgan fingerprint density at radius 2 is 1.88 bits per heavy atom. The fourth-order valence-corrected chi connectivity index (χ4v) is 5.36. The Bertz CT molecular complexity index is 525. The number of carbonyl (C=O) groups is 2. The lowest BCUT2D eigenvalue weighted by Gasteiger charge is -2.54. The van der Waals surface area contributed by atoms with Crippen LogP contribution in [-0.2, 0) is 14.3 Å². The fourth-order valence-electron chi connectivity index (χ4n) is 5.36. The number of likely N-dealkylation sites (tertiary alicyclic amines) is 1. The maximum atomic E-state index is 12.9. The summed E-state index contributed by atoms with van der Waals surface area (Å²) in [4.78, 5) is 27.1. The molecule has 0 aromatic carbocycles. The third-order valence-corrected chi connectivity index (χ3v) is 7.03. The Balaban J connectivity index is 1.34. The van der Waals surface area contributed by atoms with Crippen LogP contribution in [0.3, 0.4) is 0 Å². The molecule has 5 heteroatoms. The summed E-state index contributed by atoms with van der Waals surface area (Å²) in [5.74, 6) is 0.674. The van der Waals surface area contributed by atoms with Gasteiger partial charge in [0, 0.05) is 37.1 Å². The first-order chi connectivity index (χ1) is 12.1. The summed E-state index contributed by atoms with van der Waals surface area (Å²) in [7, 11) is 0. The topological polar surface area (TPSA) is 58.6 Å². The molecule has 3 saturated carbocycles. The van der Waals surface area contributed by atoms with Crippen molar-refractivity contribution in [2.75, 3.05) is 19.7 Å². The van der Waals surface area contributed by atoms with Crippen LogP contribution in [0.1, 0.15) is 64.7 Å². The number of hydrogen-bond donors (Lipinski definition) is 1. The summed E-state index contributed by atoms with van der Waals surface area (Å²) in [6, 6.07) is 0.272. The molecule has 3 atom stereocenters. The number of piperidine rings is 1. The average molecular weight is 348 g/mol. The Hall–Kier alpha value is -1.10. The SMILES string of the molecule is CCO[C@@H]1C[C@H](NC(=O)[C@@H]2CCCN(C(=O)C3CC3)C2)C12CCCC2. The van der Waals surface area contributed by atoms with Crippen molar-refractivity contribution in [2.24, 2.45) is 17.3 Å². The molecular weight excluding hydrogens is 316 g/mol. The number of carbonyl (C=O) groups excluding carboxylic acids is 2. The second-order valence-corrected chi connectivity index (χ2v) is 8.58. The molecule has 0 aromatic heterocycles. The minimum Gasteiger partial charge on any atom is -0.378 e. The van der Waals surface area contributed by atoms with E-state index in [4.69, 9.17) is 4.74 Å². The van der Waals surface area contributed by atoms with Gasteiger partial charge in [-0.15, -0.1) is 0 Å². The molecule has 0 aromatic rings. The lowest BCUT2D eigenvalue weighted by atomic mass is 9.60. The molecule has 25 heavy (non-hydrogen) atoms. The van der Waals surface area contributed by atoms with E-state index < -0.39 is 0 Å². The number of rotatable bonds is 5. The molecule has 4 aliphatic rings. The van der Waals surface area contributed by atoms with Gasteiger partial charge in [0.15, 0.2) is 0 Å². The predicted molar refractivity (Wildman–Crippen MR) is 94.9 cm³/mol. The smallest absolute Gasteiger partial charge is 0.225 e. The maximum Gasteiger partial charge on any atom is 0.225 e. The summed E-state index contributed by atoms with van der Waals surface area (Å²) < 4.78 is 5.95. The first-order valence-electron chi connectivity index (χ1n) is 10.3. The number of nitrogens with one attached hydrogen (secondary N) is 1. The third-order valence-electron chi connectivity index (χ3n) is 7.03. The molecule has 1 saturated heterocycles. The number of ether oxygens (including phenoxy) is 1. The van der Waals surface area contributed by atoms with Crippen molar-refractivity contribution in [1.29, 1.82) is 0 Å². The molecule has 0 radical (unpaired) electrons. The van der Waals surface area contributed by atoms with Crippen LogP contribution in [0.25, 0.3) is 0 Å². The van der Waals surface area contributed by atoms with Crippen LogP contribution in [0.15, 0.2) is 0 Å². The van der Waals surface area contributed by atoms with E-state index >= 15 is 0 Å². The van der Waals surface area contributed by atoms with Crippen LogP contribution in [0.2, 0.25) is 0 Å². The average Bonchev–Trinajstić information content (AvgIpc) is 3.34. The first kappa shape index (κ1) is 17.3. The van der Waals surface area contributed by atoms with Gasteiger partial charge >= 0.3 is 0 Å². The Kier molecular flexibility index (Phi) is 4.78. The summed E-state index contributed by atoms with van der Waals surface area (Å²) >= 11 is 0. The van der Waals surface area contributed by atoms with E-state index in [1.165, 1.54) is 25.7 Å². The van der Waals surface area contributed by atoms with Crippen molar-refractivity contribution in [1.82, 2.24) is 10.2 Å². The second-order valence-electron chi connectivity index (χ2n) is 8.58. The standard InChI is InChI=1S/C20H32N2O3/c1-2-25-17-12-16(20(17)9-3-4-10-20)21-18(23)15-6-5-11-22(13-15)19(24)14-7-8-14/h14-17H,2-13H2,1H3,(H,21,23)/t15-,16+,17-/m1/s1. The molecule has 4 rings (SSSR count). The summed E-state index contributed by atoms with van der Waals surface area (Å²) in [6.45, 7) is 4.27. The monoisotopic (exact) mass is 348 g/mol. The van der Waals surface area contributed by atoms with Crippen molar-refractivity contribution in [3.05, 3.63) is 0 Å². The van der Waals surface area contributed by atoms with Gasteiger partial charge < -0.3 is 15.0 Å².